The normalized spacial score (nSPS) is 19.9. The molecule has 20 nitrogen and oxygen atoms in total. The first kappa shape index (κ1) is 58.9. The van der Waals surface area contributed by atoms with Crippen LogP contribution in [0.25, 0.3) is 0 Å². The zero-order chi connectivity index (χ0) is 51.4. The molecule has 1 aromatic carbocycles. The SMILES string of the molecule is CC[C@H](C)[C@H](NC(=O)[C@H](CCCCN)NC(=O)[C@H](Cc1ccccc1)NC(=O)[C@@H]1[C@@H](C)O[C@H](CO)N1C(=O)[C@H](C)NC(=O)[C@H](CC(C)C)NC(=O)[C@@H](NC(=O)[C@@H](N)CC(C)C)[C@@H](C)CC)C(=O)O. The van der Waals surface area contributed by atoms with Gasteiger partial charge in [-0.15, -0.1) is 0 Å². The third-order valence-electron chi connectivity index (χ3n) is 12.3. The molecule has 1 heterocycles. The number of aliphatic carboxylic acids is 1. The van der Waals surface area contributed by atoms with Crippen LogP contribution in [0.1, 0.15) is 120 Å². The van der Waals surface area contributed by atoms with E-state index >= 15 is 0 Å². The van der Waals surface area contributed by atoms with Crippen LogP contribution in [0.3, 0.4) is 0 Å². The van der Waals surface area contributed by atoms with Crippen LogP contribution in [0.4, 0.5) is 0 Å². The number of carboxylic acid groups (broad SMARTS) is 1. The topological polar surface area (TPSA) is 314 Å². The summed E-state index contributed by atoms with van der Waals surface area (Å²) in [6.45, 7) is 17.2. The summed E-state index contributed by atoms with van der Waals surface area (Å²) in [5.41, 5.74) is 12.5. The van der Waals surface area contributed by atoms with Gasteiger partial charge in [0.1, 0.15) is 42.3 Å². The Morgan fingerprint density at radius 2 is 1.24 bits per heavy atom. The molecule has 0 saturated carbocycles. The average Bonchev–Trinajstić information content (AvgIpc) is 3.63. The van der Waals surface area contributed by atoms with E-state index < -0.39 is 121 Å². The van der Waals surface area contributed by atoms with E-state index in [1.807, 2.05) is 34.6 Å². The molecule has 0 aromatic heterocycles. The molecule has 20 heteroatoms. The van der Waals surface area contributed by atoms with E-state index in [1.54, 1.807) is 51.1 Å². The molecular formula is C48H81N9O11. The number of amides is 7. The zero-order valence-electron chi connectivity index (χ0n) is 41.7. The van der Waals surface area contributed by atoms with Gasteiger partial charge in [-0.25, -0.2) is 4.79 Å². The summed E-state index contributed by atoms with van der Waals surface area (Å²) < 4.78 is 5.88. The van der Waals surface area contributed by atoms with Crippen molar-refractivity contribution in [2.45, 2.75) is 181 Å². The number of nitrogens with two attached hydrogens (primary N) is 2. The predicted molar refractivity (Wildman–Crippen MR) is 256 cm³/mol. The molecule has 7 amide bonds. The highest BCUT2D eigenvalue weighted by Crippen LogP contribution is 2.25. The van der Waals surface area contributed by atoms with E-state index in [0.717, 1.165) is 4.90 Å². The summed E-state index contributed by atoms with van der Waals surface area (Å²) in [4.78, 5) is 111. The molecule has 0 aliphatic carbocycles. The first-order chi connectivity index (χ1) is 32.0. The lowest BCUT2D eigenvalue weighted by Crippen LogP contribution is -2.62. The molecule has 384 valence electrons. The molecular weight excluding hydrogens is 879 g/mol. The molecule has 1 aliphatic rings. The van der Waals surface area contributed by atoms with Crippen LogP contribution >= 0.6 is 0 Å². The van der Waals surface area contributed by atoms with Crippen LogP contribution in [0.15, 0.2) is 30.3 Å². The van der Waals surface area contributed by atoms with E-state index in [4.69, 9.17) is 16.2 Å². The molecule has 12 atom stereocenters. The van der Waals surface area contributed by atoms with E-state index in [2.05, 4.69) is 31.9 Å². The molecule has 1 aromatic rings. The molecule has 68 heavy (non-hydrogen) atoms. The molecule has 0 bridgehead atoms. The highest BCUT2D eigenvalue weighted by atomic mass is 16.5. The number of carboxylic acids is 1. The monoisotopic (exact) mass is 960 g/mol. The Morgan fingerprint density at radius 1 is 0.691 bits per heavy atom. The average molecular weight is 960 g/mol. The number of rotatable bonds is 29. The fourth-order valence-corrected chi connectivity index (χ4v) is 7.97. The Labute approximate surface area is 401 Å². The number of aliphatic hydroxyl groups is 1. The Kier molecular flexibility index (Phi) is 25.1. The van der Waals surface area contributed by atoms with Gasteiger partial charge in [0.05, 0.1) is 18.8 Å². The Hall–Kier alpha value is -5.18. The van der Waals surface area contributed by atoms with Crippen molar-refractivity contribution in [3.05, 3.63) is 35.9 Å². The fourth-order valence-electron chi connectivity index (χ4n) is 7.97. The summed E-state index contributed by atoms with van der Waals surface area (Å²) in [6, 6.07) is -0.743. The van der Waals surface area contributed by atoms with Gasteiger partial charge in [-0.1, -0.05) is 98.6 Å². The number of unbranched alkanes of at least 4 members (excludes halogenated alkanes) is 1. The number of hydrogen-bond donors (Lipinski definition) is 10. The molecule has 0 unspecified atom stereocenters. The molecule has 0 radical (unpaired) electrons. The third kappa shape index (κ3) is 18.0. The van der Waals surface area contributed by atoms with Crippen LogP contribution in [-0.4, -0.2) is 136 Å². The molecule has 2 rings (SSSR count). The van der Waals surface area contributed by atoms with Gasteiger partial charge in [-0.05, 0) is 81.7 Å². The van der Waals surface area contributed by atoms with E-state index in [1.165, 1.54) is 13.8 Å². The van der Waals surface area contributed by atoms with Crippen LogP contribution in [0.2, 0.25) is 0 Å². The lowest BCUT2D eigenvalue weighted by Gasteiger charge is -2.32. The van der Waals surface area contributed by atoms with Crippen LogP contribution < -0.4 is 43.4 Å². The predicted octanol–water partition coefficient (Wildman–Crippen LogP) is 0.817. The first-order valence-corrected chi connectivity index (χ1v) is 24.1. The van der Waals surface area contributed by atoms with Crippen molar-refractivity contribution in [1.82, 2.24) is 36.8 Å². The fraction of sp³-hybridized carbons (Fsp3) is 0.708. The highest BCUT2D eigenvalue weighted by molar-refractivity contribution is 5.98. The van der Waals surface area contributed by atoms with E-state index in [9.17, 15) is 48.6 Å². The van der Waals surface area contributed by atoms with Crippen molar-refractivity contribution in [3.63, 3.8) is 0 Å². The summed E-state index contributed by atoms with van der Waals surface area (Å²) in [7, 11) is 0. The Morgan fingerprint density at radius 3 is 1.78 bits per heavy atom. The van der Waals surface area contributed by atoms with Crippen molar-refractivity contribution in [1.29, 1.82) is 0 Å². The minimum atomic E-state index is -1.42. The maximum atomic E-state index is 14.4. The van der Waals surface area contributed by atoms with Crippen molar-refractivity contribution in [3.8, 4) is 0 Å². The van der Waals surface area contributed by atoms with Gasteiger partial charge in [0, 0.05) is 6.42 Å². The smallest absolute Gasteiger partial charge is 0.326 e. The first-order valence-electron chi connectivity index (χ1n) is 24.1. The van der Waals surface area contributed by atoms with Gasteiger partial charge >= 0.3 is 5.97 Å². The van der Waals surface area contributed by atoms with Crippen LogP contribution in [0, 0.1) is 23.7 Å². The van der Waals surface area contributed by atoms with Gasteiger partial charge in [0.15, 0.2) is 6.23 Å². The number of ether oxygens (including phenoxy) is 1. The second-order valence-electron chi connectivity index (χ2n) is 19.0. The van der Waals surface area contributed by atoms with Gasteiger partial charge in [-0.2, -0.15) is 0 Å². The van der Waals surface area contributed by atoms with Gasteiger partial charge in [0.2, 0.25) is 41.4 Å². The number of aliphatic hydroxyl groups excluding tert-OH is 1. The van der Waals surface area contributed by atoms with E-state index in [0.29, 0.717) is 44.2 Å². The van der Waals surface area contributed by atoms with E-state index in [-0.39, 0.29) is 37.0 Å². The number of nitrogens with zero attached hydrogens (tertiary/aromatic N) is 1. The Bertz CT molecular complexity index is 1820. The summed E-state index contributed by atoms with van der Waals surface area (Å²) >= 11 is 0. The molecule has 0 spiro atoms. The van der Waals surface area contributed by atoms with Crippen molar-refractivity contribution < 1.29 is 53.3 Å². The quantitative estimate of drug-likeness (QED) is 0.0498. The van der Waals surface area contributed by atoms with Crippen LogP contribution in [0.5, 0.6) is 0 Å². The lowest BCUT2D eigenvalue weighted by atomic mass is 9.95. The zero-order valence-corrected chi connectivity index (χ0v) is 41.7. The standard InChI is InChI=1S/C48H81N9O11/c1-11-28(7)38(55-41(59)33(50)22-26(3)4)45(63)53-35(23-27(5)6)43(61)51-30(9)47(65)57-37(25-58)68-31(10)40(57)46(64)54-36(24-32-18-14-13-15-19-32)44(62)52-34(20-16-17-21-49)42(60)56-39(48(66)67)29(8)12-2/h13-15,18-19,26-31,33-40,58H,11-12,16-17,20-25,49-50H2,1-10H3,(H,51,61)(H,52,62)(H,53,63)(H,54,64)(H,55,59)(H,56,60)(H,66,67)/t28-,29-,30-,31+,33-,34-,35-,36-,37+,38-,39-,40-/m0/s1. The summed E-state index contributed by atoms with van der Waals surface area (Å²) in [5.74, 6) is -6.87. The van der Waals surface area contributed by atoms with Crippen molar-refractivity contribution in [2.24, 2.45) is 35.1 Å². The minimum Gasteiger partial charge on any atom is -0.480 e. The molecule has 1 saturated heterocycles. The van der Waals surface area contributed by atoms with Gasteiger partial charge in [0.25, 0.3) is 0 Å². The molecule has 1 aliphatic heterocycles. The summed E-state index contributed by atoms with van der Waals surface area (Å²) in [5, 5.41) is 36.5. The number of hydrogen-bond acceptors (Lipinski definition) is 12. The maximum absolute atomic E-state index is 14.4. The summed E-state index contributed by atoms with van der Waals surface area (Å²) in [6.07, 6.45) is 0.224. The third-order valence-corrected chi connectivity index (χ3v) is 12.3. The van der Waals surface area contributed by atoms with Crippen molar-refractivity contribution >= 4 is 47.3 Å². The lowest BCUT2D eigenvalue weighted by molar-refractivity contribution is -0.147. The number of carbonyl (C=O) groups is 8. The molecule has 12 N–H and O–H groups in total. The van der Waals surface area contributed by atoms with Crippen molar-refractivity contribution in [2.75, 3.05) is 13.2 Å². The largest absolute Gasteiger partial charge is 0.480 e. The number of benzene rings is 1. The second kappa shape index (κ2) is 29.0. The van der Waals surface area contributed by atoms with Gasteiger partial charge in [-0.3, -0.25) is 38.5 Å². The minimum absolute atomic E-state index is 0.0543. The highest BCUT2D eigenvalue weighted by Gasteiger charge is 2.49. The number of nitrogens with one attached hydrogen (secondary N) is 6. The maximum Gasteiger partial charge on any atom is 0.326 e. The number of carbonyl (C=O) groups excluding carboxylic acids is 7. The second-order valence-corrected chi connectivity index (χ2v) is 19.0. The van der Waals surface area contributed by atoms with Gasteiger partial charge < -0.3 is 58.3 Å². The van der Waals surface area contributed by atoms with Crippen LogP contribution in [-0.2, 0) is 49.5 Å². The Balaban J connectivity index is 2.43. The molecule has 1 fully saturated rings.